The Bertz CT molecular complexity index is 592. The van der Waals surface area contributed by atoms with Gasteiger partial charge in [0.25, 0.3) is 0 Å². The molecule has 23 heavy (non-hydrogen) atoms. The second kappa shape index (κ2) is 5.21. The number of hydrogen-bond acceptors (Lipinski definition) is 3. The number of halogens is 3. The number of nitrogens with one attached hydrogen (secondary N) is 1. The third-order valence-corrected chi connectivity index (χ3v) is 5.97. The van der Waals surface area contributed by atoms with Crippen molar-refractivity contribution in [3.63, 3.8) is 0 Å². The molecular weight excluding hydrogens is 307 g/mol. The van der Waals surface area contributed by atoms with Crippen LogP contribution in [0.4, 0.5) is 13.2 Å². The first-order valence-corrected chi connectivity index (χ1v) is 8.36. The molecule has 0 unspecified atom stereocenters. The lowest BCUT2D eigenvalue weighted by atomic mass is 9.54. The first kappa shape index (κ1) is 15.4. The van der Waals surface area contributed by atoms with Crippen molar-refractivity contribution >= 4 is 0 Å². The van der Waals surface area contributed by atoms with Crippen LogP contribution in [0.1, 0.15) is 43.4 Å². The molecular formula is C16H22F3N3O. The quantitative estimate of drug-likeness (QED) is 0.927. The van der Waals surface area contributed by atoms with Gasteiger partial charge in [0, 0.05) is 49.3 Å². The molecule has 0 radical (unpaired) electrons. The normalized spacial score (nSPS) is 32.3. The minimum Gasteiger partial charge on any atom is -0.377 e. The summed E-state index contributed by atoms with van der Waals surface area (Å²) in [6.45, 7) is 1.01. The lowest BCUT2D eigenvalue weighted by Crippen LogP contribution is -2.67. The van der Waals surface area contributed by atoms with Crippen LogP contribution in [0.25, 0.3) is 0 Å². The molecule has 0 bridgehead atoms. The highest BCUT2D eigenvalue weighted by molar-refractivity contribution is 5.22. The highest BCUT2D eigenvalue weighted by Gasteiger charge is 2.64. The van der Waals surface area contributed by atoms with E-state index in [1.807, 2.05) is 0 Å². The maximum Gasteiger partial charge on any atom is 0.435 e. The summed E-state index contributed by atoms with van der Waals surface area (Å²) in [7, 11) is 1.53. The zero-order chi connectivity index (χ0) is 16.2. The molecule has 2 aliphatic carbocycles. The summed E-state index contributed by atoms with van der Waals surface area (Å²) in [4.78, 5) is 0. The molecule has 0 aromatic carbocycles. The summed E-state index contributed by atoms with van der Waals surface area (Å²) >= 11 is 0. The summed E-state index contributed by atoms with van der Waals surface area (Å²) in [5.41, 5.74) is -0.385. The van der Waals surface area contributed by atoms with Gasteiger partial charge < -0.3 is 10.1 Å². The van der Waals surface area contributed by atoms with E-state index < -0.39 is 11.9 Å². The first-order valence-electron chi connectivity index (χ1n) is 8.36. The first-order chi connectivity index (χ1) is 10.9. The van der Waals surface area contributed by atoms with E-state index in [1.165, 1.54) is 30.8 Å². The fourth-order valence-corrected chi connectivity index (χ4v) is 5.13. The smallest absolute Gasteiger partial charge is 0.377 e. The molecule has 1 N–H and O–H groups in total. The molecule has 1 spiro atoms. The van der Waals surface area contributed by atoms with Crippen molar-refractivity contribution in [1.29, 1.82) is 0 Å². The molecule has 0 amide bonds. The van der Waals surface area contributed by atoms with Crippen LogP contribution < -0.4 is 5.32 Å². The maximum absolute atomic E-state index is 13.1. The van der Waals surface area contributed by atoms with E-state index in [1.54, 1.807) is 0 Å². The Morgan fingerprint density at radius 2 is 2.13 bits per heavy atom. The van der Waals surface area contributed by atoms with Crippen molar-refractivity contribution in [2.45, 2.75) is 57.0 Å². The summed E-state index contributed by atoms with van der Waals surface area (Å²) in [5.74, 6) is 0.458. The second-order valence-electron chi connectivity index (χ2n) is 7.22. The number of aryl methyl sites for hydroxylation is 1. The van der Waals surface area contributed by atoms with Gasteiger partial charge in [0.15, 0.2) is 5.69 Å². The lowest BCUT2D eigenvalue weighted by Gasteiger charge is -2.57. The third-order valence-electron chi connectivity index (χ3n) is 5.97. The zero-order valence-corrected chi connectivity index (χ0v) is 13.2. The maximum atomic E-state index is 13.1. The van der Waals surface area contributed by atoms with Crippen LogP contribution in [0, 0.1) is 11.3 Å². The predicted octanol–water partition coefficient (Wildman–Crippen LogP) is 2.88. The van der Waals surface area contributed by atoms with Gasteiger partial charge in [-0.15, -0.1) is 0 Å². The topological polar surface area (TPSA) is 39.1 Å². The Morgan fingerprint density at radius 3 is 2.83 bits per heavy atom. The molecule has 3 atom stereocenters. The molecule has 1 aromatic heterocycles. The average Bonchev–Trinajstić information content (AvgIpc) is 3.15. The third kappa shape index (κ3) is 2.31. The fourth-order valence-electron chi connectivity index (χ4n) is 5.13. The van der Waals surface area contributed by atoms with Crippen LogP contribution in [0.2, 0.25) is 0 Å². The number of hydrogen-bond donors (Lipinski definition) is 1. The molecule has 7 heteroatoms. The highest BCUT2D eigenvalue weighted by atomic mass is 19.4. The van der Waals surface area contributed by atoms with Crippen LogP contribution in [0.5, 0.6) is 0 Å². The van der Waals surface area contributed by atoms with E-state index in [4.69, 9.17) is 4.74 Å². The molecule has 1 aliphatic heterocycles. The van der Waals surface area contributed by atoms with Crippen LogP contribution in [-0.4, -0.2) is 28.5 Å². The van der Waals surface area contributed by atoms with Crippen LogP contribution in [-0.2, 0) is 24.5 Å². The Morgan fingerprint density at radius 1 is 1.39 bits per heavy atom. The van der Waals surface area contributed by atoms with Gasteiger partial charge >= 0.3 is 6.18 Å². The van der Waals surface area contributed by atoms with Crippen molar-refractivity contribution in [1.82, 2.24) is 15.1 Å². The number of rotatable bonds is 3. The molecule has 2 saturated carbocycles. The number of aromatic nitrogens is 2. The van der Waals surface area contributed by atoms with E-state index in [0.29, 0.717) is 12.0 Å². The number of fused-ring (bicyclic) bond motifs is 2. The molecule has 3 fully saturated rings. The molecule has 3 aliphatic rings. The SMILES string of the molecule is Cn1cc(CN[C@@H]2[C@H]3CCO[C@@H]3C23CCCC3)c(C(F)(F)F)n1. The van der Waals surface area contributed by atoms with Gasteiger partial charge in [-0.25, -0.2) is 0 Å². The summed E-state index contributed by atoms with van der Waals surface area (Å²) in [6, 6.07) is 0.277. The number of alkyl halides is 3. The molecule has 4 rings (SSSR count). The summed E-state index contributed by atoms with van der Waals surface area (Å²) in [6.07, 6.45) is 3.06. The van der Waals surface area contributed by atoms with E-state index in [-0.39, 0.29) is 23.6 Å². The lowest BCUT2D eigenvalue weighted by molar-refractivity contribution is -0.143. The van der Waals surface area contributed by atoms with E-state index in [9.17, 15) is 13.2 Å². The summed E-state index contributed by atoms with van der Waals surface area (Å²) in [5, 5.41) is 7.02. The van der Waals surface area contributed by atoms with Crippen molar-refractivity contribution < 1.29 is 17.9 Å². The van der Waals surface area contributed by atoms with Crippen LogP contribution in [0.3, 0.4) is 0 Å². The van der Waals surface area contributed by atoms with E-state index in [0.717, 1.165) is 25.9 Å². The summed E-state index contributed by atoms with van der Waals surface area (Å²) < 4.78 is 46.4. The molecule has 1 aromatic rings. The molecule has 1 saturated heterocycles. The molecule has 2 heterocycles. The number of ether oxygens (including phenoxy) is 1. The Labute approximate surface area is 133 Å². The van der Waals surface area contributed by atoms with Gasteiger partial charge in [-0.3, -0.25) is 4.68 Å². The highest BCUT2D eigenvalue weighted by Crippen LogP contribution is 2.60. The van der Waals surface area contributed by atoms with Gasteiger partial charge in [-0.2, -0.15) is 18.3 Å². The largest absolute Gasteiger partial charge is 0.435 e. The standard InChI is InChI=1S/C16H22F3N3O/c1-22-9-10(12(21-22)16(17,18)19)8-20-13-11-4-7-23-14(11)15(13)5-2-3-6-15/h9,11,13-14,20H,2-8H2,1H3/t11-,13-,14+/m1/s1. The van der Waals surface area contributed by atoms with Crippen molar-refractivity contribution in [3.05, 3.63) is 17.5 Å². The van der Waals surface area contributed by atoms with Crippen molar-refractivity contribution in [3.8, 4) is 0 Å². The van der Waals surface area contributed by atoms with Crippen LogP contribution in [0.15, 0.2) is 6.20 Å². The predicted molar refractivity (Wildman–Crippen MR) is 77.6 cm³/mol. The van der Waals surface area contributed by atoms with Gasteiger partial charge in [-0.1, -0.05) is 12.8 Å². The number of nitrogens with zero attached hydrogens (tertiary/aromatic N) is 2. The molecule has 4 nitrogen and oxygen atoms in total. The average molecular weight is 329 g/mol. The van der Waals surface area contributed by atoms with Crippen LogP contribution >= 0.6 is 0 Å². The minimum atomic E-state index is -4.40. The Hall–Kier alpha value is -1.08. The van der Waals surface area contributed by atoms with Gasteiger partial charge in [0.05, 0.1) is 6.10 Å². The van der Waals surface area contributed by atoms with Gasteiger partial charge in [0.1, 0.15) is 0 Å². The van der Waals surface area contributed by atoms with E-state index in [2.05, 4.69) is 10.4 Å². The second-order valence-corrected chi connectivity index (χ2v) is 7.22. The van der Waals surface area contributed by atoms with Gasteiger partial charge in [0.2, 0.25) is 0 Å². The Balaban J connectivity index is 1.51. The molecule has 128 valence electrons. The monoisotopic (exact) mass is 329 g/mol. The minimum absolute atomic E-state index is 0.155. The van der Waals surface area contributed by atoms with Gasteiger partial charge in [-0.05, 0) is 19.3 Å². The zero-order valence-electron chi connectivity index (χ0n) is 13.2. The van der Waals surface area contributed by atoms with E-state index >= 15 is 0 Å². The van der Waals surface area contributed by atoms with Crippen molar-refractivity contribution in [2.75, 3.05) is 6.61 Å². The fraction of sp³-hybridized carbons (Fsp3) is 0.812. The Kier molecular flexibility index (Phi) is 3.50. The van der Waals surface area contributed by atoms with Crippen molar-refractivity contribution in [2.24, 2.45) is 18.4 Å².